The first-order valence-corrected chi connectivity index (χ1v) is 16.9. The van der Waals surface area contributed by atoms with E-state index in [1.165, 1.54) is 22.6 Å². The molecule has 0 radical (unpaired) electrons. The number of anilines is 1. The van der Waals surface area contributed by atoms with E-state index in [2.05, 4.69) is 24.9 Å². The van der Waals surface area contributed by atoms with Crippen molar-refractivity contribution >= 4 is 29.6 Å². The number of nitrogen functional groups attached to an aromatic ring is 1. The van der Waals surface area contributed by atoms with E-state index in [1.807, 2.05) is 6.07 Å². The van der Waals surface area contributed by atoms with Gasteiger partial charge in [-0.2, -0.15) is 0 Å². The van der Waals surface area contributed by atoms with Gasteiger partial charge in [0.2, 0.25) is 0 Å². The number of amides is 2. The number of pyridine rings is 1. The summed E-state index contributed by atoms with van der Waals surface area (Å²) in [4.78, 5) is 59.5. The minimum Gasteiger partial charge on any atom is -0.427 e. The predicted octanol–water partition coefficient (Wildman–Crippen LogP) is 5.57. The van der Waals surface area contributed by atoms with Crippen LogP contribution in [0.3, 0.4) is 0 Å². The summed E-state index contributed by atoms with van der Waals surface area (Å²) < 4.78 is 12.4. The van der Waals surface area contributed by atoms with Gasteiger partial charge in [0.25, 0.3) is 11.8 Å². The Kier molecular flexibility index (Phi) is 6.74. The molecule has 8 aliphatic rings. The summed E-state index contributed by atoms with van der Waals surface area (Å²) in [6.07, 6.45) is 14.1. The highest BCUT2D eigenvalue weighted by atomic mass is 16.6. The van der Waals surface area contributed by atoms with Gasteiger partial charge in [-0.05, 0) is 97.6 Å². The molecule has 0 aromatic carbocycles. The van der Waals surface area contributed by atoms with Gasteiger partial charge in [0.05, 0.1) is 11.0 Å². The second-order valence-electron chi connectivity index (χ2n) is 13.9. The van der Waals surface area contributed by atoms with E-state index in [0.717, 1.165) is 79.4 Å². The molecule has 1 saturated carbocycles. The van der Waals surface area contributed by atoms with E-state index >= 15 is 0 Å². The highest BCUT2D eigenvalue weighted by molar-refractivity contribution is 6.13. The fraction of sp³-hybridized carbons (Fsp3) is 0.486. The number of carbonyl (C=O) groups is 4. The lowest BCUT2D eigenvalue weighted by molar-refractivity contribution is -0.137. The van der Waals surface area contributed by atoms with Crippen molar-refractivity contribution in [3.63, 3.8) is 0 Å². The molecule has 1 aromatic heterocycles. The molecule has 46 heavy (non-hydrogen) atoms. The Bertz CT molecular complexity index is 1740. The predicted molar refractivity (Wildman–Crippen MR) is 168 cm³/mol. The number of esters is 2. The van der Waals surface area contributed by atoms with E-state index < -0.39 is 17.3 Å². The summed E-state index contributed by atoms with van der Waals surface area (Å²) >= 11 is 0. The topological polar surface area (TPSA) is 129 Å². The number of allylic oxidation sites excluding steroid dienone is 4. The third-order valence-electron chi connectivity index (χ3n) is 11.7. The van der Waals surface area contributed by atoms with Crippen LogP contribution >= 0.6 is 0 Å². The number of aromatic nitrogens is 1. The molecule has 238 valence electrons. The number of rotatable bonds is 8. The molecule has 2 fully saturated rings. The van der Waals surface area contributed by atoms with Crippen molar-refractivity contribution in [2.75, 3.05) is 12.3 Å². The molecule has 2 amide bonds. The van der Waals surface area contributed by atoms with E-state index in [9.17, 15) is 19.2 Å². The van der Waals surface area contributed by atoms with Gasteiger partial charge in [0.15, 0.2) is 0 Å². The molecule has 4 heterocycles. The van der Waals surface area contributed by atoms with Crippen LogP contribution < -0.4 is 5.73 Å². The normalized spacial score (nSPS) is 32.4. The van der Waals surface area contributed by atoms with Crippen molar-refractivity contribution in [3.8, 4) is 0 Å². The zero-order valence-electron chi connectivity index (χ0n) is 26.3. The van der Waals surface area contributed by atoms with Gasteiger partial charge in [-0.25, -0.2) is 14.6 Å². The molecule has 5 aliphatic carbocycles. The standard InChI is InChI=1S/C37H39N3O6/c1-3-5-7-25-37-14-12-22(23-16-21-9-8-19(6-4-2)34-29(21)31(32(23)37)35(43)46-34)30(33(37)36(44)45-25)24(20-13-15-39-26(38)17-20)18-40-27(41)10-11-28(40)42/h7,10-11,13,15,17,21-24,32H,3-6,8-9,12,14,16,18H2,1-2H3,(H2,38,39). The first-order chi connectivity index (χ1) is 22.3. The molecular weight excluding hydrogens is 582 g/mol. The Balaban J connectivity index is 1.37. The van der Waals surface area contributed by atoms with Crippen LogP contribution in [0.15, 0.2) is 75.9 Å². The van der Waals surface area contributed by atoms with Crippen LogP contribution in [0.5, 0.6) is 0 Å². The van der Waals surface area contributed by atoms with Crippen LogP contribution in [0.2, 0.25) is 0 Å². The number of nitrogens with zero attached hydrogens (tertiary/aromatic N) is 2. The zero-order valence-corrected chi connectivity index (χ0v) is 26.3. The molecule has 9 rings (SSSR count). The van der Waals surface area contributed by atoms with Gasteiger partial charge < -0.3 is 15.2 Å². The largest absolute Gasteiger partial charge is 0.427 e. The monoisotopic (exact) mass is 621 g/mol. The Morgan fingerprint density at radius 3 is 2.61 bits per heavy atom. The second kappa shape index (κ2) is 10.6. The summed E-state index contributed by atoms with van der Waals surface area (Å²) in [5.74, 6) is -0.145. The maximum Gasteiger partial charge on any atom is 0.340 e. The fourth-order valence-electron chi connectivity index (χ4n) is 10.1. The number of imide groups is 1. The van der Waals surface area contributed by atoms with E-state index in [-0.39, 0.29) is 48.0 Å². The van der Waals surface area contributed by atoms with E-state index in [1.54, 1.807) is 12.3 Å². The second-order valence-corrected chi connectivity index (χ2v) is 13.9. The summed E-state index contributed by atoms with van der Waals surface area (Å²) in [5, 5.41) is 0. The van der Waals surface area contributed by atoms with Crippen LogP contribution in [0.25, 0.3) is 0 Å². The molecule has 6 unspecified atom stereocenters. The van der Waals surface area contributed by atoms with Crippen molar-refractivity contribution in [1.82, 2.24) is 9.88 Å². The van der Waals surface area contributed by atoms with Crippen LogP contribution in [-0.2, 0) is 28.7 Å². The van der Waals surface area contributed by atoms with Crippen molar-refractivity contribution in [1.29, 1.82) is 0 Å². The van der Waals surface area contributed by atoms with Gasteiger partial charge in [-0.1, -0.05) is 26.7 Å². The summed E-state index contributed by atoms with van der Waals surface area (Å²) in [6, 6.07) is 3.64. The summed E-state index contributed by atoms with van der Waals surface area (Å²) in [6.45, 7) is 4.32. The van der Waals surface area contributed by atoms with Crippen LogP contribution in [0.1, 0.15) is 83.1 Å². The zero-order chi connectivity index (χ0) is 31.9. The van der Waals surface area contributed by atoms with Crippen LogP contribution in [0, 0.1) is 29.1 Å². The average Bonchev–Trinajstić information content (AvgIpc) is 3.67. The van der Waals surface area contributed by atoms with Gasteiger partial charge >= 0.3 is 11.9 Å². The number of ether oxygens (including phenoxy) is 2. The number of hydrogen-bond acceptors (Lipinski definition) is 8. The van der Waals surface area contributed by atoms with E-state index in [4.69, 9.17) is 15.2 Å². The summed E-state index contributed by atoms with van der Waals surface area (Å²) in [7, 11) is 0. The molecule has 9 nitrogen and oxygen atoms in total. The molecule has 9 heteroatoms. The minimum atomic E-state index is -0.820. The van der Waals surface area contributed by atoms with Crippen LogP contribution in [0.4, 0.5) is 5.82 Å². The molecule has 6 atom stereocenters. The molecule has 1 spiro atoms. The Labute approximate surface area is 268 Å². The number of nitrogens with two attached hydrogens (primary N) is 1. The Morgan fingerprint density at radius 1 is 1.07 bits per heavy atom. The van der Waals surface area contributed by atoms with Gasteiger partial charge in [-0.15, -0.1) is 0 Å². The number of fused-ring (bicyclic) bond motifs is 1. The molecular formula is C37H39N3O6. The first kappa shape index (κ1) is 29.2. The number of hydrogen-bond donors (Lipinski definition) is 1. The quantitative estimate of drug-likeness (QED) is 0.295. The maximum absolute atomic E-state index is 14.3. The Morgan fingerprint density at radius 2 is 1.87 bits per heavy atom. The third-order valence-corrected chi connectivity index (χ3v) is 11.7. The molecule has 1 aromatic rings. The smallest absolute Gasteiger partial charge is 0.340 e. The van der Waals surface area contributed by atoms with Gasteiger partial charge in [-0.3, -0.25) is 14.5 Å². The Hall–Kier alpha value is -4.27. The third kappa shape index (κ3) is 3.96. The van der Waals surface area contributed by atoms with Gasteiger partial charge in [0, 0.05) is 47.9 Å². The molecule has 3 aliphatic heterocycles. The number of cyclic esters (lactones) is 1. The average molecular weight is 622 g/mol. The molecule has 2 bridgehead atoms. The number of unbranched alkanes of at least 4 members (excludes halogenated alkanes) is 1. The molecule has 1 saturated heterocycles. The van der Waals surface area contributed by atoms with E-state index in [0.29, 0.717) is 23.6 Å². The lowest BCUT2D eigenvalue weighted by Crippen LogP contribution is -2.54. The van der Waals surface area contributed by atoms with Crippen molar-refractivity contribution in [2.24, 2.45) is 29.1 Å². The summed E-state index contributed by atoms with van der Waals surface area (Å²) in [5.41, 5.74) is 10.8. The van der Waals surface area contributed by atoms with Gasteiger partial charge in [0.1, 0.15) is 17.3 Å². The van der Waals surface area contributed by atoms with Crippen molar-refractivity contribution in [3.05, 3.63) is 81.5 Å². The lowest BCUT2D eigenvalue weighted by atomic mass is 9.42. The maximum atomic E-state index is 14.3. The minimum absolute atomic E-state index is 0.0491. The molecule has 2 N–H and O–H groups in total. The van der Waals surface area contributed by atoms with Crippen molar-refractivity contribution in [2.45, 2.75) is 77.6 Å². The van der Waals surface area contributed by atoms with Crippen molar-refractivity contribution < 1.29 is 28.7 Å². The highest BCUT2D eigenvalue weighted by Crippen LogP contribution is 2.72. The first-order valence-electron chi connectivity index (χ1n) is 16.9. The lowest BCUT2D eigenvalue weighted by Gasteiger charge is -2.58. The number of carbonyl (C=O) groups excluding carboxylic acids is 4. The van der Waals surface area contributed by atoms with Crippen LogP contribution in [-0.4, -0.2) is 40.2 Å². The fourth-order valence-corrected chi connectivity index (χ4v) is 10.1. The highest BCUT2D eigenvalue weighted by Gasteiger charge is 2.69. The SMILES string of the molecule is CCCC=C1OC(=O)C2=C(C(CN3C(=O)C=CC3=O)c3ccnc(N)c3)C3CCC12C1C2=C4C(=C(CCC)CCC4CC31)OC2=O.